The van der Waals surface area contributed by atoms with Crippen LogP contribution in [0.4, 0.5) is 5.69 Å². The minimum atomic E-state index is -1.06. The van der Waals surface area contributed by atoms with Gasteiger partial charge in [-0.1, -0.05) is 0 Å². The lowest BCUT2D eigenvalue weighted by Gasteiger charge is -2.20. The maximum absolute atomic E-state index is 11.2. The summed E-state index contributed by atoms with van der Waals surface area (Å²) in [6.07, 6.45) is 4.30. The number of hydrogen-bond donors (Lipinski definition) is 2. The molecule has 2 rings (SSSR count). The molecule has 1 aliphatic carbocycles. The van der Waals surface area contributed by atoms with Crippen LogP contribution in [0.5, 0.6) is 11.5 Å². The van der Waals surface area contributed by atoms with Gasteiger partial charge in [0.25, 0.3) is 0 Å². The van der Waals surface area contributed by atoms with E-state index in [1.807, 2.05) is 0 Å². The summed E-state index contributed by atoms with van der Waals surface area (Å²) in [5.41, 5.74) is 6.83. The summed E-state index contributed by atoms with van der Waals surface area (Å²) in [6.45, 7) is 1.78. The van der Waals surface area contributed by atoms with Crippen LogP contribution in [0, 0.1) is 6.92 Å². The van der Waals surface area contributed by atoms with Crippen molar-refractivity contribution in [2.24, 2.45) is 0 Å². The van der Waals surface area contributed by atoms with Gasteiger partial charge in [-0.3, -0.25) is 0 Å². The van der Waals surface area contributed by atoms with Crippen LogP contribution in [0.2, 0.25) is 0 Å². The maximum Gasteiger partial charge on any atom is 0.337 e. The minimum absolute atomic E-state index is 0.0614. The van der Waals surface area contributed by atoms with Crippen LogP contribution in [0.1, 0.15) is 41.6 Å². The van der Waals surface area contributed by atoms with Crippen LogP contribution in [0.25, 0.3) is 0 Å². The Balaban J connectivity index is 2.45. The lowest BCUT2D eigenvalue weighted by molar-refractivity contribution is 0.0697. The Bertz CT molecular complexity index is 493. The molecule has 5 heteroatoms. The smallest absolute Gasteiger partial charge is 0.337 e. The zero-order chi connectivity index (χ0) is 14.0. The number of aromatic carboxylic acids is 1. The molecule has 1 aromatic carbocycles. The molecular formula is C14H19NO4. The highest BCUT2D eigenvalue weighted by molar-refractivity contribution is 5.96. The van der Waals surface area contributed by atoms with Gasteiger partial charge in [0.1, 0.15) is 0 Å². The molecule has 1 aliphatic rings. The summed E-state index contributed by atoms with van der Waals surface area (Å²) in [5.74, 6) is -0.166. The van der Waals surface area contributed by atoms with Gasteiger partial charge in [0, 0.05) is 0 Å². The van der Waals surface area contributed by atoms with E-state index in [-0.39, 0.29) is 17.4 Å². The van der Waals surface area contributed by atoms with E-state index in [1.165, 1.54) is 13.2 Å². The number of aryl methyl sites for hydroxylation is 1. The van der Waals surface area contributed by atoms with Crippen molar-refractivity contribution < 1.29 is 19.4 Å². The lowest BCUT2D eigenvalue weighted by Crippen LogP contribution is -2.15. The summed E-state index contributed by atoms with van der Waals surface area (Å²) in [6, 6.07) is 1.51. The highest BCUT2D eigenvalue weighted by Crippen LogP contribution is 2.41. The average molecular weight is 265 g/mol. The Hall–Kier alpha value is -1.91. The standard InChI is InChI=1S/C14H19NO4/c1-8-7-10(14(16)17)11(15)13(12(8)18-2)19-9-5-3-4-6-9/h7,9H,3-6,15H2,1-2H3,(H,16,17). The van der Waals surface area contributed by atoms with Crippen LogP contribution < -0.4 is 15.2 Å². The van der Waals surface area contributed by atoms with Crippen LogP contribution in [-0.4, -0.2) is 24.3 Å². The second kappa shape index (κ2) is 5.38. The Morgan fingerprint density at radius 2 is 2.00 bits per heavy atom. The average Bonchev–Trinajstić information content (AvgIpc) is 2.86. The highest BCUT2D eigenvalue weighted by atomic mass is 16.5. The van der Waals surface area contributed by atoms with Gasteiger partial charge >= 0.3 is 5.97 Å². The van der Waals surface area contributed by atoms with Gasteiger partial charge in [-0.15, -0.1) is 0 Å². The molecule has 3 N–H and O–H groups in total. The Morgan fingerprint density at radius 1 is 1.37 bits per heavy atom. The third-order valence-electron chi connectivity index (χ3n) is 3.48. The highest BCUT2D eigenvalue weighted by Gasteiger charge is 2.24. The first-order chi connectivity index (χ1) is 9.04. The number of rotatable bonds is 4. The van der Waals surface area contributed by atoms with Gasteiger partial charge in [0.15, 0.2) is 11.5 Å². The predicted octanol–water partition coefficient (Wildman–Crippen LogP) is 2.61. The van der Waals surface area contributed by atoms with E-state index in [4.69, 9.17) is 20.3 Å². The molecule has 0 aliphatic heterocycles. The molecule has 0 amide bonds. The third-order valence-corrected chi connectivity index (χ3v) is 3.48. The summed E-state index contributed by atoms with van der Waals surface area (Å²) < 4.78 is 11.2. The van der Waals surface area contributed by atoms with Crippen LogP contribution in [0.3, 0.4) is 0 Å². The van der Waals surface area contributed by atoms with Crippen molar-refractivity contribution in [3.63, 3.8) is 0 Å². The molecule has 0 atom stereocenters. The first-order valence-electron chi connectivity index (χ1n) is 6.41. The molecule has 0 saturated heterocycles. The Kier molecular flexibility index (Phi) is 3.83. The van der Waals surface area contributed by atoms with Gasteiger partial charge in [-0.25, -0.2) is 4.79 Å². The number of methoxy groups -OCH3 is 1. The zero-order valence-electron chi connectivity index (χ0n) is 11.2. The lowest BCUT2D eigenvalue weighted by atomic mass is 10.1. The van der Waals surface area contributed by atoms with E-state index in [0.717, 1.165) is 25.7 Å². The monoisotopic (exact) mass is 265 g/mol. The molecule has 0 bridgehead atoms. The number of ether oxygens (including phenoxy) is 2. The Morgan fingerprint density at radius 3 is 2.53 bits per heavy atom. The number of hydrogen-bond acceptors (Lipinski definition) is 4. The molecule has 1 saturated carbocycles. The Labute approximate surface area is 112 Å². The number of carboxylic acid groups (broad SMARTS) is 1. The summed E-state index contributed by atoms with van der Waals surface area (Å²) in [5, 5.41) is 9.16. The number of benzene rings is 1. The first kappa shape index (κ1) is 13.5. The molecule has 19 heavy (non-hydrogen) atoms. The van der Waals surface area contributed by atoms with Crippen LogP contribution >= 0.6 is 0 Å². The molecule has 0 heterocycles. The van der Waals surface area contributed by atoms with Crippen molar-refractivity contribution in [2.75, 3.05) is 12.8 Å². The second-order valence-electron chi connectivity index (χ2n) is 4.85. The first-order valence-corrected chi connectivity index (χ1v) is 6.41. The summed E-state index contributed by atoms with van der Waals surface area (Å²) in [7, 11) is 1.53. The van der Waals surface area contributed by atoms with Crippen molar-refractivity contribution in [3.8, 4) is 11.5 Å². The van der Waals surface area contributed by atoms with Crippen molar-refractivity contribution >= 4 is 11.7 Å². The van der Waals surface area contributed by atoms with Gasteiger partial charge in [0.2, 0.25) is 0 Å². The van der Waals surface area contributed by atoms with E-state index in [0.29, 0.717) is 17.1 Å². The van der Waals surface area contributed by atoms with Crippen LogP contribution in [-0.2, 0) is 0 Å². The SMILES string of the molecule is COc1c(C)cc(C(=O)O)c(N)c1OC1CCCC1. The van der Waals surface area contributed by atoms with E-state index in [2.05, 4.69) is 0 Å². The topological polar surface area (TPSA) is 81.8 Å². The number of carboxylic acids is 1. The van der Waals surface area contributed by atoms with Crippen LogP contribution in [0.15, 0.2) is 6.07 Å². The van der Waals surface area contributed by atoms with E-state index < -0.39 is 5.97 Å². The number of carbonyl (C=O) groups is 1. The van der Waals surface area contributed by atoms with Gasteiger partial charge < -0.3 is 20.3 Å². The fourth-order valence-corrected chi connectivity index (χ4v) is 2.50. The molecular weight excluding hydrogens is 246 g/mol. The molecule has 1 aromatic rings. The van der Waals surface area contributed by atoms with Crippen molar-refractivity contribution in [3.05, 3.63) is 17.2 Å². The van der Waals surface area contributed by atoms with E-state index in [9.17, 15) is 4.79 Å². The summed E-state index contributed by atoms with van der Waals surface area (Å²) in [4.78, 5) is 11.2. The predicted molar refractivity (Wildman–Crippen MR) is 72.0 cm³/mol. The second-order valence-corrected chi connectivity index (χ2v) is 4.85. The largest absolute Gasteiger partial charge is 0.493 e. The third kappa shape index (κ3) is 2.59. The summed E-state index contributed by atoms with van der Waals surface area (Å²) >= 11 is 0. The molecule has 0 unspecified atom stereocenters. The fourth-order valence-electron chi connectivity index (χ4n) is 2.50. The molecule has 1 fully saturated rings. The molecule has 5 nitrogen and oxygen atoms in total. The van der Waals surface area contributed by atoms with Gasteiger partial charge in [-0.2, -0.15) is 0 Å². The number of anilines is 1. The minimum Gasteiger partial charge on any atom is -0.493 e. The van der Waals surface area contributed by atoms with Crippen molar-refractivity contribution in [2.45, 2.75) is 38.7 Å². The number of nitrogens with two attached hydrogens (primary N) is 1. The molecule has 0 aromatic heterocycles. The van der Waals surface area contributed by atoms with Gasteiger partial charge in [0.05, 0.1) is 24.5 Å². The maximum atomic E-state index is 11.2. The fraction of sp³-hybridized carbons (Fsp3) is 0.500. The van der Waals surface area contributed by atoms with Crippen molar-refractivity contribution in [1.82, 2.24) is 0 Å². The van der Waals surface area contributed by atoms with E-state index >= 15 is 0 Å². The van der Waals surface area contributed by atoms with Crippen molar-refractivity contribution in [1.29, 1.82) is 0 Å². The van der Waals surface area contributed by atoms with Gasteiger partial charge in [-0.05, 0) is 44.2 Å². The zero-order valence-corrected chi connectivity index (χ0v) is 11.2. The van der Waals surface area contributed by atoms with E-state index in [1.54, 1.807) is 6.92 Å². The molecule has 104 valence electrons. The normalized spacial score (nSPS) is 15.5. The molecule has 0 spiro atoms. The number of nitrogen functional groups attached to an aromatic ring is 1. The quantitative estimate of drug-likeness (QED) is 0.818. The molecule has 0 radical (unpaired) electrons.